The van der Waals surface area contributed by atoms with Crippen LogP contribution in [0.2, 0.25) is 0 Å². The van der Waals surface area contributed by atoms with Crippen LogP contribution in [-0.4, -0.2) is 4.98 Å². The van der Waals surface area contributed by atoms with E-state index in [2.05, 4.69) is 204 Å². The molecule has 11 rings (SSSR count). The highest BCUT2D eigenvalue weighted by Crippen LogP contribution is 2.58. The molecule has 2 nitrogen and oxygen atoms in total. The van der Waals surface area contributed by atoms with Gasteiger partial charge >= 0.3 is 0 Å². The fraction of sp³-hybridized carbons (Fsp3) is 0. The van der Waals surface area contributed by atoms with Gasteiger partial charge in [0.25, 0.3) is 0 Å². The molecule has 0 fully saturated rings. The van der Waals surface area contributed by atoms with Crippen LogP contribution in [0.4, 0.5) is 17.1 Å². The van der Waals surface area contributed by atoms with E-state index in [-0.39, 0.29) is 0 Å². The molecule has 0 unspecified atom stereocenters. The van der Waals surface area contributed by atoms with Crippen LogP contribution in [0.5, 0.6) is 0 Å². The number of anilines is 3. The lowest BCUT2D eigenvalue weighted by atomic mass is 9.82. The highest BCUT2D eigenvalue weighted by molar-refractivity contribution is 6.28. The minimum absolute atomic E-state index is 1.05. The van der Waals surface area contributed by atoms with Gasteiger partial charge in [0, 0.05) is 28.3 Å². The first-order chi connectivity index (χ1) is 27.3. The molecule has 0 bridgehead atoms. The molecule has 1 aliphatic carbocycles. The standard InChI is InChI=1S/C53H34N2/c1-4-16-35(17-5-1)49-44-26-12-13-27-45(44)50(36-18-6-2-7-19-36)53-47-31-30-41(43-28-15-29-46(51(43)47)52(49)53)37-21-14-24-40(32-37)55(39-22-8-3-9-23-39)48-34-54-33-38-20-10-11-25-42(38)48/h1-34H. The SMILES string of the molecule is c1ccc(-c2c3c(c(-c4ccccc4)c4ccccc24)-c2ccc(-c4cccc(N(c5ccccc5)c5cncc6ccccc56)c4)c4cccc-3c24)cc1. The number of hydrogen-bond donors (Lipinski definition) is 0. The van der Waals surface area contributed by atoms with Crippen molar-refractivity contribution in [3.8, 4) is 55.6 Å². The van der Waals surface area contributed by atoms with Crippen LogP contribution in [0, 0.1) is 0 Å². The predicted molar refractivity (Wildman–Crippen MR) is 232 cm³/mol. The highest BCUT2D eigenvalue weighted by atomic mass is 15.1. The molecule has 10 aromatic rings. The van der Waals surface area contributed by atoms with Gasteiger partial charge in [-0.25, -0.2) is 0 Å². The lowest BCUT2D eigenvalue weighted by Gasteiger charge is -2.27. The molecule has 1 heterocycles. The van der Waals surface area contributed by atoms with E-state index in [0.717, 1.165) is 27.8 Å². The zero-order valence-corrected chi connectivity index (χ0v) is 30.0. The Kier molecular flexibility index (Phi) is 7.21. The van der Waals surface area contributed by atoms with E-state index < -0.39 is 0 Å². The number of nitrogens with zero attached hydrogens (tertiary/aromatic N) is 2. The molecule has 1 aromatic heterocycles. The third kappa shape index (κ3) is 4.92. The molecule has 0 aliphatic heterocycles. The second-order valence-electron chi connectivity index (χ2n) is 14.3. The summed E-state index contributed by atoms with van der Waals surface area (Å²) < 4.78 is 0. The minimum atomic E-state index is 1.05. The van der Waals surface area contributed by atoms with Gasteiger partial charge in [0.1, 0.15) is 0 Å². The Morgan fingerprint density at radius 3 is 1.53 bits per heavy atom. The number of aromatic nitrogens is 1. The van der Waals surface area contributed by atoms with E-state index in [1.54, 1.807) is 0 Å². The zero-order chi connectivity index (χ0) is 36.3. The van der Waals surface area contributed by atoms with Crippen molar-refractivity contribution in [2.45, 2.75) is 0 Å². The maximum absolute atomic E-state index is 4.69. The fourth-order valence-corrected chi connectivity index (χ4v) is 8.96. The summed E-state index contributed by atoms with van der Waals surface area (Å²) >= 11 is 0. The second kappa shape index (κ2) is 12.7. The van der Waals surface area contributed by atoms with Crippen LogP contribution in [0.15, 0.2) is 207 Å². The molecule has 55 heavy (non-hydrogen) atoms. The van der Waals surface area contributed by atoms with Crippen molar-refractivity contribution in [2.24, 2.45) is 0 Å². The molecule has 0 saturated carbocycles. The van der Waals surface area contributed by atoms with E-state index in [1.807, 2.05) is 12.4 Å². The molecule has 9 aromatic carbocycles. The van der Waals surface area contributed by atoms with Gasteiger partial charge in [-0.1, -0.05) is 170 Å². The predicted octanol–water partition coefficient (Wildman–Crippen LogP) is 14.7. The van der Waals surface area contributed by atoms with Crippen LogP contribution in [0.3, 0.4) is 0 Å². The monoisotopic (exact) mass is 698 g/mol. The second-order valence-corrected chi connectivity index (χ2v) is 14.3. The van der Waals surface area contributed by atoms with Gasteiger partial charge in [0.15, 0.2) is 0 Å². The van der Waals surface area contributed by atoms with Gasteiger partial charge in [-0.05, 0) is 101 Å². The van der Waals surface area contributed by atoms with Crippen molar-refractivity contribution in [3.63, 3.8) is 0 Å². The Bertz CT molecular complexity index is 2980. The normalized spacial score (nSPS) is 11.6. The Balaban J connectivity index is 1.16. The van der Waals surface area contributed by atoms with Crippen LogP contribution in [0.1, 0.15) is 0 Å². The topological polar surface area (TPSA) is 16.1 Å². The third-order valence-electron chi connectivity index (χ3n) is 11.2. The quantitative estimate of drug-likeness (QED) is 0.172. The first-order valence-corrected chi connectivity index (χ1v) is 18.9. The molecule has 0 N–H and O–H groups in total. The summed E-state index contributed by atoms with van der Waals surface area (Å²) in [5.74, 6) is 0. The Morgan fingerprint density at radius 2 is 0.836 bits per heavy atom. The van der Waals surface area contributed by atoms with Gasteiger partial charge in [0.2, 0.25) is 0 Å². The van der Waals surface area contributed by atoms with Crippen molar-refractivity contribution < 1.29 is 0 Å². The van der Waals surface area contributed by atoms with Gasteiger partial charge in [0.05, 0.1) is 11.9 Å². The van der Waals surface area contributed by atoms with E-state index in [9.17, 15) is 0 Å². The molecule has 2 heteroatoms. The van der Waals surface area contributed by atoms with Crippen molar-refractivity contribution in [1.29, 1.82) is 0 Å². The number of para-hydroxylation sites is 1. The molecule has 0 saturated heterocycles. The number of rotatable bonds is 6. The molecule has 1 aliphatic rings. The highest BCUT2D eigenvalue weighted by Gasteiger charge is 2.31. The summed E-state index contributed by atoms with van der Waals surface area (Å²) in [6.45, 7) is 0. The summed E-state index contributed by atoms with van der Waals surface area (Å²) in [5.41, 5.74) is 15.8. The smallest absolute Gasteiger partial charge is 0.0723 e. The maximum atomic E-state index is 4.69. The maximum Gasteiger partial charge on any atom is 0.0723 e. The summed E-state index contributed by atoms with van der Waals surface area (Å²) in [5, 5.41) is 7.37. The van der Waals surface area contributed by atoms with Crippen molar-refractivity contribution in [2.75, 3.05) is 4.90 Å². The molecule has 0 atom stereocenters. The van der Waals surface area contributed by atoms with Crippen LogP contribution in [-0.2, 0) is 0 Å². The fourth-order valence-electron chi connectivity index (χ4n) is 8.96. The summed E-state index contributed by atoms with van der Waals surface area (Å²) in [6.07, 6.45) is 3.93. The van der Waals surface area contributed by atoms with Crippen molar-refractivity contribution in [3.05, 3.63) is 207 Å². The largest absolute Gasteiger partial charge is 0.308 e. The first-order valence-electron chi connectivity index (χ1n) is 18.9. The van der Waals surface area contributed by atoms with Gasteiger partial charge in [-0.3, -0.25) is 4.98 Å². The third-order valence-corrected chi connectivity index (χ3v) is 11.2. The number of benzene rings is 9. The zero-order valence-electron chi connectivity index (χ0n) is 30.0. The molecular weight excluding hydrogens is 665 g/mol. The van der Waals surface area contributed by atoms with Gasteiger partial charge in [-0.2, -0.15) is 0 Å². The average Bonchev–Trinajstić information content (AvgIpc) is 3.59. The lowest BCUT2D eigenvalue weighted by Crippen LogP contribution is -2.10. The van der Waals surface area contributed by atoms with Crippen molar-refractivity contribution >= 4 is 49.4 Å². The molecule has 0 spiro atoms. The number of fused-ring (bicyclic) bond motifs is 5. The Hall–Kier alpha value is -7.29. The van der Waals surface area contributed by atoms with Crippen LogP contribution < -0.4 is 4.90 Å². The molecule has 256 valence electrons. The van der Waals surface area contributed by atoms with E-state index >= 15 is 0 Å². The summed E-state index contributed by atoms with van der Waals surface area (Å²) in [7, 11) is 0. The lowest BCUT2D eigenvalue weighted by molar-refractivity contribution is 1.25. The minimum Gasteiger partial charge on any atom is -0.308 e. The van der Waals surface area contributed by atoms with Gasteiger partial charge in [-0.15, -0.1) is 0 Å². The summed E-state index contributed by atoms with van der Waals surface area (Å²) in [6, 6.07) is 70.5. The van der Waals surface area contributed by atoms with E-state index in [0.29, 0.717) is 0 Å². The summed E-state index contributed by atoms with van der Waals surface area (Å²) in [4.78, 5) is 7.02. The number of pyridine rings is 1. The van der Waals surface area contributed by atoms with Gasteiger partial charge < -0.3 is 4.90 Å². The average molecular weight is 699 g/mol. The van der Waals surface area contributed by atoms with Crippen LogP contribution >= 0.6 is 0 Å². The molecule has 0 amide bonds. The van der Waals surface area contributed by atoms with E-state index in [4.69, 9.17) is 0 Å². The number of hydrogen-bond acceptors (Lipinski definition) is 2. The Morgan fingerprint density at radius 1 is 0.327 bits per heavy atom. The van der Waals surface area contributed by atoms with E-state index in [1.165, 1.54) is 77.2 Å². The molecular formula is C53H34N2. The van der Waals surface area contributed by atoms with Crippen molar-refractivity contribution in [1.82, 2.24) is 4.98 Å². The Labute approximate surface area is 320 Å². The molecule has 0 radical (unpaired) electrons. The van der Waals surface area contributed by atoms with Crippen LogP contribution in [0.25, 0.3) is 88.0 Å². The first kappa shape index (κ1) is 31.3.